The summed E-state index contributed by atoms with van der Waals surface area (Å²) in [7, 11) is 0. The summed E-state index contributed by atoms with van der Waals surface area (Å²) in [6.45, 7) is -0.361. The maximum atomic E-state index is 12.8. The van der Waals surface area contributed by atoms with Gasteiger partial charge < -0.3 is 10.1 Å². The lowest BCUT2D eigenvalue weighted by molar-refractivity contribution is -0.134. The number of ether oxygens (including phenoxy) is 1. The van der Waals surface area contributed by atoms with E-state index in [1.807, 2.05) is 0 Å². The van der Waals surface area contributed by atoms with Gasteiger partial charge in [0.1, 0.15) is 13.3 Å². The zero-order valence-corrected chi connectivity index (χ0v) is 10.4. The summed E-state index contributed by atoms with van der Waals surface area (Å²) < 4.78 is 18.0. The quantitative estimate of drug-likeness (QED) is 0.832. The molecule has 0 radical (unpaired) electrons. The number of halogens is 2. The summed E-state index contributed by atoms with van der Waals surface area (Å²) >= 11 is 7.01. The predicted molar refractivity (Wildman–Crippen MR) is 62.8 cm³/mol. The standard InChI is InChI=1S/C10H10ClFN2O2S/c11-10-13-4-8(17-10)1-6(3-12)14-7-2-9(15)16-5-7/h2,4,6,14H,1,3,5H2. The van der Waals surface area contributed by atoms with Crippen LogP contribution in [0.4, 0.5) is 4.39 Å². The molecular weight excluding hydrogens is 267 g/mol. The molecule has 2 rings (SSSR count). The van der Waals surface area contributed by atoms with Gasteiger partial charge in [0, 0.05) is 23.6 Å². The highest BCUT2D eigenvalue weighted by atomic mass is 35.5. The van der Waals surface area contributed by atoms with Crippen LogP contribution in [-0.4, -0.2) is 30.3 Å². The third-order valence-electron chi connectivity index (χ3n) is 2.21. The number of esters is 1. The van der Waals surface area contributed by atoms with Crippen LogP contribution < -0.4 is 5.32 Å². The second-order valence-electron chi connectivity index (χ2n) is 3.56. The van der Waals surface area contributed by atoms with Gasteiger partial charge in [0.15, 0.2) is 4.47 Å². The molecule has 1 unspecified atom stereocenters. The van der Waals surface area contributed by atoms with Crippen molar-refractivity contribution >= 4 is 28.9 Å². The molecule has 1 aromatic heterocycles. The van der Waals surface area contributed by atoms with Gasteiger partial charge in [-0.05, 0) is 0 Å². The normalized spacial score (nSPS) is 16.6. The lowest BCUT2D eigenvalue weighted by atomic mass is 10.2. The van der Waals surface area contributed by atoms with Crippen molar-refractivity contribution in [2.24, 2.45) is 0 Å². The minimum absolute atomic E-state index is 0.179. The number of hydrogen-bond acceptors (Lipinski definition) is 5. The Morgan fingerprint density at radius 3 is 3.06 bits per heavy atom. The van der Waals surface area contributed by atoms with Crippen molar-refractivity contribution in [2.75, 3.05) is 13.3 Å². The maximum absolute atomic E-state index is 12.8. The van der Waals surface area contributed by atoms with Crippen LogP contribution in [0.5, 0.6) is 0 Å². The molecule has 0 aliphatic carbocycles. The molecule has 1 N–H and O–H groups in total. The first-order valence-corrected chi connectivity index (χ1v) is 6.17. The number of alkyl halides is 1. The van der Waals surface area contributed by atoms with E-state index in [4.69, 9.17) is 16.3 Å². The topological polar surface area (TPSA) is 51.2 Å². The third kappa shape index (κ3) is 3.41. The van der Waals surface area contributed by atoms with Gasteiger partial charge in [-0.3, -0.25) is 0 Å². The van der Waals surface area contributed by atoms with Crippen LogP contribution in [0.15, 0.2) is 18.0 Å². The number of carbonyl (C=O) groups excluding carboxylic acids is 1. The largest absolute Gasteiger partial charge is 0.456 e. The molecule has 92 valence electrons. The van der Waals surface area contributed by atoms with E-state index in [-0.39, 0.29) is 6.61 Å². The number of aromatic nitrogens is 1. The predicted octanol–water partition coefficient (Wildman–Crippen LogP) is 1.71. The minimum atomic E-state index is -0.541. The van der Waals surface area contributed by atoms with Crippen LogP contribution in [-0.2, 0) is 16.0 Å². The monoisotopic (exact) mass is 276 g/mol. The Bertz CT molecular complexity index is 449. The van der Waals surface area contributed by atoms with Crippen LogP contribution >= 0.6 is 22.9 Å². The first-order valence-electron chi connectivity index (χ1n) is 4.97. The minimum Gasteiger partial charge on any atom is -0.456 e. The zero-order chi connectivity index (χ0) is 12.3. The van der Waals surface area contributed by atoms with Gasteiger partial charge >= 0.3 is 5.97 Å². The molecule has 0 amide bonds. The van der Waals surface area contributed by atoms with E-state index in [1.165, 1.54) is 17.4 Å². The first kappa shape index (κ1) is 12.3. The van der Waals surface area contributed by atoms with Crippen molar-refractivity contribution in [3.8, 4) is 0 Å². The van der Waals surface area contributed by atoms with E-state index >= 15 is 0 Å². The molecule has 1 aliphatic rings. The van der Waals surface area contributed by atoms with E-state index in [2.05, 4.69) is 10.3 Å². The van der Waals surface area contributed by atoms with Crippen molar-refractivity contribution in [1.29, 1.82) is 0 Å². The smallest absolute Gasteiger partial charge is 0.333 e. The zero-order valence-electron chi connectivity index (χ0n) is 8.78. The van der Waals surface area contributed by atoms with Gasteiger partial charge in [-0.1, -0.05) is 11.6 Å². The van der Waals surface area contributed by atoms with E-state index < -0.39 is 18.7 Å². The number of rotatable bonds is 5. The molecule has 1 aromatic rings. The summed E-state index contributed by atoms with van der Waals surface area (Å²) in [6.07, 6.45) is 3.44. The number of thiazole rings is 1. The molecule has 1 atom stereocenters. The number of nitrogens with zero attached hydrogens (tertiary/aromatic N) is 1. The fraction of sp³-hybridized carbons (Fsp3) is 0.400. The molecule has 4 nitrogen and oxygen atoms in total. The number of carbonyl (C=O) groups is 1. The summed E-state index contributed by atoms with van der Waals surface area (Å²) in [5, 5.41) is 2.93. The van der Waals surface area contributed by atoms with Crippen molar-refractivity contribution in [1.82, 2.24) is 10.3 Å². The van der Waals surface area contributed by atoms with E-state index in [0.29, 0.717) is 16.6 Å². The Kier molecular flexibility index (Phi) is 3.96. The van der Waals surface area contributed by atoms with Gasteiger partial charge in [0.05, 0.1) is 11.7 Å². The second kappa shape index (κ2) is 5.46. The number of hydrogen-bond donors (Lipinski definition) is 1. The molecule has 0 spiro atoms. The van der Waals surface area contributed by atoms with Crippen molar-refractivity contribution in [3.63, 3.8) is 0 Å². The number of nitrogens with one attached hydrogen (secondary N) is 1. The first-order chi connectivity index (χ1) is 8.17. The van der Waals surface area contributed by atoms with Crippen LogP contribution in [0, 0.1) is 0 Å². The van der Waals surface area contributed by atoms with Crippen LogP contribution in [0.1, 0.15) is 4.88 Å². The van der Waals surface area contributed by atoms with Crippen LogP contribution in [0.3, 0.4) is 0 Å². The second-order valence-corrected chi connectivity index (χ2v) is 5.25. The summed E-state index contributed by atoms with van der Waals surface area (Å²) in [5.74, 6) is -0.397. The highest BCUT2D eigenvalue weighted by molar-refractivity contribution is 7.15. The third-order valence-corrected chi connectivity index (χ3v) is 3.35. The summed E-state index contributed by atoms with van der Waals surface area (Å²) in [5.41, 5.74) is 0.605. The fourth-order valence-electron chi connectivity index (χ4n) is 1.49. The lowest BCUT2D eigenvalue weighted by Crippen LogP contribution is -2.32. The summed E-state index contributed by atoms with van der Waals surface area (Å²) in [4.78, 5) is 15.6. The van der Waals surface area contributed by atoms with E-state index in [0.717, 1.165) is 4.88 Å². The van der Waals surface area contributed by atoms with Crippen molar-refractivity contribution in [2.45, 2.75) is 12.5 Å². The Labute approximate surface area is 106 Å². The molecule has 0 aromatic carbocycles. The van der Waals surface area contributed by atoms with E-state index in [1.54, 1.807) is 6.20 Å². The fourth-order valence-corrected chi connectivity index (χ4v) is 2.54. The van der Waals surface area contributed by atoms with Gasteiger partial charge in [-0.25, -0.2) is 14.2 Å². The van der Waals surface area contributed by atoms with Crippen molar-refractivity contribution in [3.05, 3.63) is 27.3 Å². The average molecular weight is 277 g/mol. The van der Waals surface area contributed by atoms with Gasteiger partial charge in [0.2, 0.25) is 0 Å². The van der Waals surface area contributed by atoms with Crippen LogP contribution in [0.25, 0.3) is 0 Å². The lowest BCUT2D eigenvalue weighted by Gasteiger charge is -2.15. The van der Waals surface area contributed by atoms with Gasteiger partial charge in [-0.15, -0.1) is 11.3 Å². The van der Waals surface area contributed by atoms with Gasteiger partial charge in [0.25, 0.3) is 0 Å². The molecule has 2 heterocycles. The Morgan fingerprint density at radius 2 is 2.53 bits per heavy atom. The Balaban J connectivity index is 1.93. The number of cyclic esters (lactones) is 1. The molecule has 0 fully saturated rings. The SMILES string of the molecule is O=C1C=C(NC(CF)Cc2cnc(Cl)s2)CO1. The molecule has 7 heteroatoms. The van der Waals surface area contributed by atoms with Gasteiger partial charge in [-0.2, -0.15) is 0 Å². The molecule has 0 bridgehead atoms. The maximum Gasteiger partial charge on any atom is 0.333 e. The Hall–Kier alpha value is -1.14. The molecule has 1 aliphatic heterocycles. The molecular formula is C10H10ClFN2O2S. The summed E-state index contributed by atoms with van der Waals surface area (Å²) in [6, 6.07) is -0.396. The average Bonchev–Trinajstić information content (AvgIpc) is 2.87. The van der Waals surface area contributed by atoms with Crippen molar-refractivity contribution < 1.29 is 13.9 Å². The molecule has 0 saturated carbocycles. The van der Waals surface area contributed by atoms with Crippen LogP contribution in [0.2, 0.25) is 4.47 Å². The highest BCUT2D eigenvalue weighted by Gasteiger charge is 2.17. The molecule has 0 saturated heterocycles. The molecule has 17 heavy (non-hydrogen) atoms. The highest BCUT2D eigenvalue weighted by Crippen LogP contribution is 2.19. The van der Waals surface area contributed by atoms with E-state index in [9.17, 15) is 9.18 Å². The Morgan fingerprint density at radius 1 is 1.71 bits per heavy atom.